The van der Waals surface area contributed by atoms with Crippen molar-refractivity contribution in [3.63, 3.8) is 0 Å². The van der Waals surface area contributed by atoms with Gasteiger partial charge in [0, 0.05) is 10.9 Å². The lowest BCUT2D eigenvalue weighted by atomic mass is 10.1. The Morgan fingerprint density at radius 3 is 2.81 bits per heavy atom. The van der Waals surface area contributed by atoms with E-state index in [-0.39, 0.29) is 0 Å². The summed E-state index contributed by atoms with van der Waals surface area (Å²) in [5, 5.41) is 1.03. The smallest absolute Gasteiger partial charge is 0.248 e. The van der Waals surface area contributed by atoms with Crippen LogP contribution >= 0.6 is 0 Å². The number of nitrogens with two attached hydrogens (primary N) is 1. The molecule has 1 amide bonds. The van der Waals surface area contributed by atoms with E-state index >= 15 is 0 Å². The first-order valence-corrected chi connectivity index (χ1v) is 6.59. The lowest BCUT2D eigenvalue weighted by Crippen LogP contribution is -2.11. The molecule has 3 aromatic rings. The number of pyridine rings is 1. The Kier molecular flexibility index (Phi) is 3.51. The highest BCUT2D eigenvalue weighted by Crippen LogP contribution is 2.19. The standard InChI is InChI=1S/C17H14N2O2/c18-17(20)14-6-3-4-12(8-14)11-21-15-9-13-5-1-2-7-16(13)19-10-15/h1-10H,11H2,(H2,18,20). The molecule has 0 atom stereocenters. The van der Waals surface area contributed by atoms with Crippen LogP contribution in [0.1, 0.15) is 15.9 Å². The maximum atomic E-state index is 11.1. The molecule has 0 aliphatic rings. The first-order valence-electron chi connectivity index (χ1n) is 6.59. The van der Waals surface area contributed by atoms with Crippen molar-refractivity contribution in [1.29, 1.82) is 0 Å². The fourth-order valence-corrected chi connectivity index (χ4v) is 2.11. The summed E-state index contributed by atoms with van der Waals surface area (Å²) in [6.07, 6.45) is 1.69. The van der Waals surface area contributed by atoms with E-state index in [4.69, 9.17) is 10.5 Å². The molecule has 0 saturated carbocycles. The second-order valence-electron chi connectivity index (χ2n) is 4.72. The first kappa shape index (κ1) is 13.1. The van der Waals surface area contributed by atoms with Gasteiger partial charge < -0.3 is 10.5 Å². The van der Waals surface area contributed by atoms with Crippen molar-refractivity contribution in [3.05, 3.63) is 71.9 Å². The van der Waals surface area contributed by atoms with Crippen LogP contribution in [-0.2, 0) is 6.61 Å². The quantitative estimate of drug-likeness (QED) is 0.798. The number of para-hydroxylation sites is 1. The van der Waals surface area contributed by atoms with E-state index in [0.717, 1.165) is 16.5 Å². The number of nitrogens with zero attached hydrogens (tertiary/aromatic N) is 1. The number of ether oxygens (including phenoxy) is 1. The molecule has 2 aromatic carbocycles. The molecule has 0 saturated heterocycles. The number of hydrogen-bond acceptors (Lipinski definition) is 3. The summed E-state index contributed by atoms with van der Waals surface area (Å²) in [7, 11) is 0. The molecule has 1 aromatic heterocycles. The van der Waals surface area contributed by atoms with Gasteiger partial charge in [0.1, 0.15) is 12.4 Å². The summed E-state index contributed by atoms with van der Waals surface area (Å²) >= 11 is 0. The molecular formula is C17H14N2O2. The zero-order valence-electron chi connectivity index (χ0n) is 11.3. The molecule has 0 aliphatic carbocycles. The Morgan fingerprint density at radius 1 is 1.10 bits per heavy atom. The van der Waals surface area contributed by atoms with Gasteiger partial charge in [-0.05, 0) is 29.8 Å². The summed E-state index contributed by atoms with van der Waals surface area (Å²) in [6.45, 7) is 0.362. The molecule has 104 valence electrons. The van der Waals surface area contributed by atoms with Crippen molar-refractivity contribution >= 4 is 16.8 Å². The molecule has 21 heavy (non-hydrogen) atoms. The number of carbonyl (C=O) groups is 1. The lowest BCUT2D eigenvalue weighted by molar-refractivity contribution is 0.1000. The van der Waals surface area contributed by atoms with Crippen molar-refractivity contribution < 1.29 is 9.53 Å². The number of primary amides is 1. The molecule has 0 unspecified atom stereocenters. The summed E-state index contributed by atoms with van der Waals surface area (Å²) in [5.41, 5.74) is 7.56. The van der Waals surface area contributed by atoms with Crippen molar-refractivity contribution in [3.8, 4) is 5.75 Å². The van der Waals surface area contributed by atoms with Crippen LogP contribution in [0.15, 0.2) is 60.8 Å². The summed E-state index contributed by atoms with van der Waals surface area (Å²) in [5.74, 6) is 0.252. The van der Waals surface area contributed by atoms with Gasteiger partial charge in [0.15, 0.2) is 0 Å². The van der Waals surface area contributed by atoms with E-state index in [0.29, 0.717) is 17.9 Å². The highest BCUT2D eigenvalue weighted by Gasteiger charge is 2.03. The van der Waals surface area contributed by atoms with E-state index in [2.05, 4.69) is 4.98 Å². The zero-order chi connectivity index (χ0) is 14.7. The maximum Gasteiger partial charge on any atom is 0.248 e. The van der Waals surface area contributed by atoms with Crippen LogP contribution in [0.3, 0.4) is 0 Å². The number of aromatic nitrogens is 1. The highest BCUT2D eigenvalue weighted by atomic mass is 16.5. The SMILES string of the molecule is NC(=O)c1cccc(COc2cnc3ccccc3c2)c1. The average Bonchev–Trinajstić information content (AvgIpc) is 2.53. The molecule has 3 rings (SSSR count). The van der Waals surface area contributed by atoms with Gasteiger partial charge in [0.25, 0.3) is 0 Å². The lowest BCUT2D eigenvalue weighted by Gasteiger charge is -2.07. The molecule has 0 spiro atoms. The fraction of sp³-hybridized carbons (Fsp3) is 0.0588. The molecule has 0 fully saturated rings. The van der Waals surface area contributed by atoms with Crippen molar-refractivity contribution in [2.75, 3.05) is 0 Å². The van der Waals surface area contributed by atoms with E-state index in [1.54, 1.807) is 24.4 Å². The van der Waals surface area contributed by atoms with Crippen LogP contribution in [0.5, 0.6) is 5.75 Å². The number of carbonyl (C=O) groups excluding carboxylic acids is 1. The van der Waals surface area contributed by atoms with Crippen LogP contribution in [-0.4, -0.2) is 10.9 Å². The summed E-state index contributed by atoms with van der Waals surface area (Å²) < 4.78 is 5.72. The molecule has 0 bridgehead atoms. The van der Waals surface area contributed by atoms with Gasteiger partial charge in [0.05, 0.1) is 11.7 Å². The monoisotopic (exact) mass is 278 g/mol. The van der Waals surface area contributed by atoms with E-state index < -0.39 is 5.91 Å². The normalized spacial score (nSPS) is 10.5. The predicted molar refractivity (Wildman–Crippen MR) is 81.0 cm³/mol. The second kappa shape index (κ2) is 5.63. The minimum absolute atomic E-state index is 0.362. The minimum atomic E-state index is -0.441. The Balaban J connectivity index is 1.77. The van der Waals surface area contributed by atoms with E-state index in [1.807, 2.05) is 36.4 Å². The van der Waals surface area contributed by atoms with Gasteiger partial charge in [-0.2, -0.15) is 0 Å². The van der Waals surface area contributed by atoms with Gasteiger partial charge in [-0.15, -0.1) is 0 Å². The summed E-state index contributed by atoms with van der Waals surface area (Å²) in [6, 6.07) is 16.9. The van der Waals surface area contributed by atoms with E-state index in [1.165, 1.54) is 0 Å². The minimum Gasteiger partial charge on any atom is -0.487 e. The first-order chi connectivity index (χ1) is 10.2. The predicted octanol–water partition coefficient (Wildman–Crippen LogP) is 2.91. The molecule has 0 aliphatic heterocycles. The Bertz CT molecular complexity index is 799. The van der Waals surface area contributed by atoms with Crippen molar-refractivity contribution in [1.82, 2.24) is 4.98 Å². The van der Waals surface area contributed by atoms with Gasteiger partial charge >= 0.3 is 0 Å². The molecule has 2 N–H and O–H groups in total. The Morgan fingerprint density at radius 2 is 1.95 bits per heavy atom. The number of hydrogen-bond donors (Lipinski definition) is 1. The molecular weight excluding hydrogens is 264 g/mol. The fourth-order valence-electron chi connectivity index (χ4n) is 2.11. The molecule has 4 heteroatoms. The number of benzene rings is 2. The zero-order valence-corrected chi connectivity index (χ0v) is 11.3. The van der Waals surface area contributed by atoms with Gasteiger partial charge in [0.2, 0.25) is 5.91 Å². The van der Waals surface area contributed by atoms with E-state index in [9.17, 15) is 4.79 Å². The maximum absolute atomic E-state index is 11.1. The van der Waals surface area contributed by atoms with Crippen molar-refractivity contribution in [2.45, 2.75) is 6.61 Å². The van der Waals surface area contributed by atoms with Gasteiger partial charge in [-0.3, -0.25) is 9.78 Å². The third-order valence-corrected chi connectivity index (χ3v) is 3.18. The van der Waals surface area contributed by atoms with Crippen LogP contribution in [0.2, 0.25) is 0 Å². The summed E-state index contributed by atoms with van der Waals surface area (Å²) in [4.78, 5) is 15.5. The van der Waals surface area contributed by atoms with Gasteiger partial charge in [-0.25, -0.2) is 0 Å². The Hall–Kier alpha value is -2.88. The number of amides is 1. The van der Waals surface area contributed by atoms with Crippen LogP contribution < -0.4 is 10.5 Å². The van der Waals surface area contributed by atoms with Crippen molar-refractivity contribution in [2.24, 2.45) is 5.73 Å². The average molecular weight is 278 g/mol. The largest absolute Gasteiger partial charge is 0.487 e. The number of rotatable bonds is 4. The van der Waals surface area contributed by atoms with Gasteiger partial charge in [-0.1, -0.05) is 30.3 Å². The molecule has 1 heterocycles. The van der Waals surface area contributed by atoms with Crippen LogP contribution in [0.25, 0.3) is 10.9 Å². The number of fused-ring (bicyclic) bond motifs is 1. The van der Waals surface area contributed by atoms with Crippen LogP contribution in [0, 0.1) is 0 Å². The third kappa shape index (κ3) is 3.00. The second-order valence-corrected chi connectivity index (χ2v) is 4.72. The molecule has 4 nitrogen and oxygen atoms in total. The topological polar surface area (TPSA) is 65.2 Å². The highest BCUT2D eigenvalue weighted by molar-refractivity contribution is 5.92. The third-order valence-electron chi connectivity index (χ3n) is 3.18. The van der Waals surface area contributed by atoms with Crippen LogP contribution in [0.4, 0.5) is 0 Å². The Labute approximate surface area is 122 Å². The molecule has 0 radical (unpaired) electrons.